The van der Waals surface area contributed by atoms with Crippen LogP contribution in [-0.2, 0) is 11.2 Å². The Labute approximate surface area is 152 Å². The van der Waals surface area contributed by atoms with Gasteiger partial charge in [0.15, 0.2) is 5.78 Å². The van der Waals surface area contributed by atoms with Crippen molar-refractivity contribution in [3.8, 4) is 0 Å². The van der Waals surface area contributed by atoms with Crippen molar-refractivity contribution in [1.82, 2.24) is 10.9 Å². The molecule has 2 aromatic rings. The minimum absolute atomic E-state index is 0.0309. The highest BCUT2D eigenvalue weighted by molar-refractivity contribution is 9.10. The molecule has 2 rings (SSSR count). The maximum atomic E-state index is 11.9. The van der Waals surface area contributed by atoms with Crippen LogP contribution in [0, 0.1) is 10.1 Å². The van der Waals surface area contributed by atoms with Crippen LogP contribution in [0.3, 0.4) is 0 Å². The number of carbonyl (C=O) groups excluding carboxylic acids is 2. The van der Waals surface area contributed by atoms with E-state index in [-0.39, 0.29) is 23.8 Å². The first kappa shape index (κ1) is 18.3. The zero-order valence-corrected chi connectivity index (χ0v) is 14.5. The van der Waals surface area contributed by atoms with Crippen LogP contribution in [0.4, 0.5) is 5.69 Å². The van der Waals surface area contributed by atoms with Crippen LogP contribution in [0.15, 0.2) is 65.3 Å². The summed E-state index contributed by atoms with van der Waals surface area (Å²) in [6, 6.07) is 12.6. The van der Waals surface area contributed by atoms with Gasteiger partial charge in [-0.25, -0.2) is 0 Å². The number of nitrogens with one attached hydrogen (secondary N) is 2. The topological polar surface area (TPSA) is 101 Å². The fraction of sp³-hybridized carbons (Fsp3) is 0.0588. The molecule has 0 atom stereocenters. The zero-order chi connectivity index (χ0) is 18.2. The number of hydrogen-bond donors (Lipinski definition) is 2. The Morgan fingerprint density at radius 2 is 1.72 bits per heavy atom. The number of rotatable bonds is 7. The maximum absolute atomic E-state index is 11.9. The van der Waals surface area contributed by atoms with Crippen LogP contribution in [0.2, 0.25) is 0 Å². The highest BCUT2D eigenvalue weighted by Gasteiger charge is 2.07. The molecule has 0 radical (unpaired) electrons. The molecule has 0 unspecified atom stereocenters. The van der Waals surface area contributed by atoms with E-state index in [2.05, 4.69) is 26.8 Å². The highest BCUT2D eigenvalue weighted by Crippen LogP contribution is 2.12. The number of hydrogen-bond acceptors (Lipinski definition) is 5. The molecule has 8 heteroatoms. The quantitative estimate of drug-likeness (QED) is 0.320. The molecule has 25 heavy (non-hydrogen) atoms. The van der Waals surface area contributed by atoms with Gasteiger partial charge >= 0.3 is 0 Å². The predicted molar refractivity (Wildman–Crippen MR) is 95.7 cm³/mol. The Kier molecular flexibility index (Phi) is 6.41. The van der Waals surface area contributed by atoms with Crippen LogP contribution < -0.4 is 10.9 Å². The standard InChI is InChI=1S/C17H14BrN3O4/c18-14-5-3-13(4-6-14)16(22)9-10-19-20-17(23)11-12-1-7-15(8-2-12)21(24)25/h1-10,19H,11H2,(H,20,23)/b10-9+. The van der Waals surface area contributed by atoms with Gasteiger partial charge in [0.05, 0.1) is 11.3 Å². The lowest BCUT2D eigenvalue weighted by molar-refractivity contribution is -0.384. The molecule has 0 heterocycles. The van der Waals surface area contributed by atoms with Gasteiger partial charge in [0.25, 0.3) is 5.69 Å². The minimum atomic E-state index is -0.501. The zero-order valence-electron chi connectivity index (χ0n) is 12.9. The number of benzene rings is 2. The lowest BCUT2D eigenvalue weighted by Gasteiger charge is -2.04. The number of carbonyl (C=O) groups is 2. The number of allylic oxidation sites excluding steroid dienone is 1. The number of hydrazine groups is 1. The fourth-order valence-corrected chi connectivity index (χ4v) is 2.18. The molecular formula is C17H14BrN3O4. The van der Waals surface area contributed by atoms with Gasteiger partial charge in [0, 0.05) is 34.4 Å². The van der Waals surface area contributed by atoms with Crippen molar-refractivity contribution in [3.63, 3.8) is 0 Å². The number of non-ortho nitro benzene ring substituents is 1. The van der Waals surface area contributed by atoms with Crippen LogP contribution in [0.25, 0.3) is 0 Å². The Morgan fingerprint density at radius 1 is 1.08 bits per heavy atom. The van der Waals surface area contributed by atoms with Crippen molar-refractivity contribution in [2.24, 2.45) is 0 Å². The molecule has 128 valence electrons. The first-order valence-electron chi connectivity index (χ1n) is 7.20. The summed E-state index contributed by atoms with van der Waals surface area (Å²) in [6.45, 7) is 0. The Balaban J connectivity index is 1.78. The second-order valence-electron chi connectivity index (χ2n) is 5.00. The van der Waals surface area contributed by atoms with Gasteiger partial charge in [-0.2, -0.15) is 0 Å². The predicted octanol–water partition coefficient (Wildman–Crippen LogP) is 2.92. The van der Waals surface area contributed by atoms with E-state index >= 15 is 0 Å². The Hall–Kier alpha value is -3.00. The first-order chi connectivity index (χ1) is 12.0. The number of nitro groups is 1. The van der Waals surface area contributed by atoms with Gasteiger partial charge in [-0.1, -0.05) is 28.1 Å². The van der Waals surface area contributed by atoms with Crippen molar-refractivity contribution >= 4 is 33.3 Å². The van der Waals surface area contributed by atoms with Gasteiger partial charge in [0.2, 0.25) is 5.91 Å². The molecule has 2 N–H and O–H groups in total. The van der Waals surface area contributed by atoms with Gasteiger partial charge < -0.3 is 5.43 Å². The number of nitro benzene ring substituents is 1. The molecule has 0 aromatic heterocycles. The molecule has 0 aliphatic carbocycles. The second-order valence-corrected chi connectivity index (χ2v) is 5.91. The third kappa shape index (κ3) is 5.85. The lowest BCUT2D eigenvalue weighted by Crippen LogP contribution is -2.34. The number of amides is 1. The average Bonchev–Trinajstić information content (AvgIpc) is 2.59. The molecule has 7 nitrogen and oxygen atoms in total. The summed E-state index contributed by atoms with van der Waals surface area (Å²) in [5.74, 6) is -0.542. The van der Waals surface area contributed by atoms with E-state index in [0.29, 0.717) is 11.1 Å². The molecule has 0 bridgehead atoms. The van der Waals surface area contributed by atoms with E-state index in [9.17, 15) is 19.7 Å². The first-order valence-corrected chi connectivity index (χ1v) is 7.99. The van der Waals surface area contributed by atoms with Crippen LogP contribution in [-0.4, -0.2) is 16.6 Å². The number of halogens is 1. The van der Waals surface area contributed by atoms with Gasteiger partial charge in [0.1, 0.15) is 0 Å². The summed E-state index contributed by atoms with van der Waals surface area (Å²) in [7, 11) is 0. The highest BCUT2D eigenvalue weighted by atomic mass is 79.9. The van der Waals surface area contributed by atoms with E-state index in [1.54, 1.807) is 24.3 Å². The Bertz CT molecular complexity index is 802. The van der Waals surface area contributed by atoms with E-state index < -0.39 is 4.92 Å². The molecule has 0 aliphatic heterocycles. The normalized spacial score (nSPS) is 10.4. The lowest BCUT2D eigenvalue weighted by atomic mass is 10.1. The largest absolute Gasteiger partial charge is 0.306 e. The molecule has 0 fully saturated rings. The summed E-state index contributed by atoms with van der Waals surface area (Å²) in [5.41, 5.74) is 6.08. The summed E-state index contributed by atoms with van der Waals surface area (Å²) in [4.78, 5) is 33.7. The van der Waals surface area contributed by atoms with E-state index in [1.807, 2.05) is 0 Å². The molecule has 0 saturated heterocycles. The SMILES string of the molecule is O=C(Cc1ccc([N+](=O)[O-])cc1)NN/C=C/C(=O)c1ccc(Br)cc1. The Morgan fingerprint density at radius 3 is 2.32 bits per heavy atom. The van der Waals surface area contributed by atoms with E-state index in [4.69, 9.17) is 0 Å². The maximum Gasteiger partial charge on any atom is 0.269 e. The van der Waals surface area contributed by atoms with Crippen molar-refractivity contribution < 1.29 is 14.5 Å². The summed E-state index contributed by atoms with van der Waals surface area (Å²) >= 11 is 3.29. The molecule has 0 spiro atoms. The van der Waals surface area contributed by atoms with Crippen molar-refractivity contribution in [2.75, 3.05) is 0 Å². The second kappa shape index (κ2) is 8.74. The summed E-state index contributed by atoms with van der Waals surface area (Å²) < 4.78 is 0.879. The summed E-state index contributed by atoms with van der Waals surface area (Å²) in [6.07, 6.45) is 2.69. The van der Waals surface area contributed by atoms with E-state index in [0.717, 1.165) is 4.47 Å². The average molecular weight is 404 g/mol. The van der Waals surface area contributed by atoms with Crippen LogP contribution in [0.1, 0.15) is 15.9 Å². The third-order valence-corrected chi connectivity index (χ3v) is 3.70. The monoisotopic (exact) mass is 403 g/mol. The van der Waals surface area contributed by atoms with Gasteiger partial charge in [-0.15, -0.1) is 0 Å². The molecule has 1 amide bonds. The van der Waals surface area contributed by atoms with Crippen molar-refractivity contribution in [3.05, 3.63) is 86.5 Å². The molecular weight excluding hydrogens is 390 g/mol. The minimum Gasteiger partial charge on any atom is -0.306 e. The number of nitrogens with zero attached hydrogens (tertiary/aromatic N) is 1. The molecule has 0 saturated carbocycles. The van der Waals surface area contributed by atoms with Crippen molar-refractivity contribution in [1.29, 1.82) is 0 Å². The van der Waals surface area contributed by atoms with Gasteiger partial charge in [-0.05, 0) is 29.8 Å². The van der Waals surface area contributed by atoms with Crippen LogP contribution in [0.5, 0.6) is 0 Å². The summed E-state index contributed by atoms with van der Waals surface area (Å²) in [5, 5.41) is 10.6. The number of ketones is 1. The molecule has 2 aromatic carbocycles. The molecule has 0 aliphatic rings. The van der Waals surface area contributed by atoms with Crippen molar-refractivity contribution in [2.45, 2.75) is 6.42 Å². The van der Waals surface area contributed by atoms with Gasteiger partial charge in [-0.3, -0.25) is 25.1 Å². The fourth-order valence-electron chi connectivity index (χ4n) is 1.91. The third-order valence-electron chi connectivity index (χ3n) is 3.17. The van der Waals surface area contributed by atoms with E-state index in [1.165, 1.54) is 36.5 Å². The van der Waals surface area contributed by atoms with Crippen LogP contribution >= 0.6 is 15.9 Å². The smallest absolute Gasteiger partial charge is 0.269 e.